The van der Waals surface area contributed by atoms with Gasteiger partial charge in [-0.25, -0.2) is 9.97 Å². The number of anilines is 1. The Hall–Kier alpha value is -1.21. The lowest BCUT2D eigenvalue weighted by atomic mass is 10.1. The monoisotopic (exact) mass is 383 g/mol. The highest BCUT2D eigenvalue weighted by atomic mass is 127. The summed E-state index contributed by atoms with van der Waals surface area (Å²) in [5.41, 5.74) is 2.08. The molecule has 2 aromatic rings. The summed E-state index contributed by atoms with van der Waals surface area (Å²) in [6, 6.07) is 10.2. The van der Waals surface area contributed by atoms with E-state index in [1.165, 1.54) is 0 Å². The summed E-state index contributed by atoms with van der Waals surface area (Å²) in [5.74, 6) is 1.70. The van der Waals surface area contributed by atoms with E-state index in [0.29, 0.717) is 13.0 Å². The van der Waals surface area contributed by atoms with Gasteiger partial charge in [0.1, 0.15) is 11.6 Å². The van der Waals surface area contributed by atoms with E-state index in [-0.39, 0.29) is 0 Å². The second-order valence-corrected chi connectivity index (χ2v) is 5.37. The third-order valence-corrected chi connectivity index (χ3v) is 3.84. The molecule has 0 radical (unpaired) electrons. The van der Waals surface area contributed by atoms with Crippen LogP contribution in [0.15, 0.2) is 30.3 Å². The van der Waals surface area contributed by atoms with E-state index in [4.69, 9.17) is 4.74 Å². The van der Waals surface area contributed by atoms with Gasteiger partial charge in [0, 0.05) is 25.6 Å². The van der Waals surface area contributed by atoms with Gasteiger partial charge in [0.05, 0.1) is 15.9 Å². The Bertz CT molecular complexity index is 561. The molecule has 0 unspecified atom stereocenters. The van der Waals surface area contributed by atoms with Crippen molar-refractivity contribution in [2.75, 3.05) is 25.6 Å². The lowest BCUT2D eigenvalue weighted by Gasteiger charge is -2.12. The number of hydrogen-bond acceptors (Lipinski definition) is 4. The standard InChI is InChI=1S/C15H18IN3O/c1-3-17-15-13(16)14(11-7-5-4-6-8-11)18-12(19-15)9-10-20-2/h4-8H,3,9-10H2,1-2H3,(H,17,18,19). The number of ether oxygens (including phenoxy) is 1. The molecule has 0 saturated carbocycles. The summed E-state index contributed by atoms with van der Waals surface area (Å²) in [7, 11) is 1.69. The number of benzene rings is 1. The van der Waals surface area contributed by atoms with E-state index in [9.17, 15) is 0 Å². The predicted octanol–water partition coefficient (Wildman–Crippen LogP) is 3.37. The number of nitrogens with one attached hydrogen (secondary N) is 1. The van der Waals surface area contributed by atoms with Crippen molar-refractivity contribution in [3.8, 4) is 11.3 Å². The fourth-order valence-corrected chi connectivity index (χ4v) is 2.61. The van der Waals surface area contributed by atoms with Crippen LogP contribution < -0.4 is 5.32 Å². The Morgan fingerprint density at radius 1 is 1.20 bits per heavy atom. The zero-order valence-electron chi connectivity index (χ0n) is 11.7. The van der Waals surface area contributed by atoms with Gasteiger partial charge in [-0.2, -0.15) is 0 Å². The normalized spacial score (nSPS) is 10.6. The molecule has 0 amide bonds. The fraction of sp³-hybridized carbons (Fsp3) is 0.333. The second-order valence-electron chi connectivity index (χ2n) is 4.29. The first kappa shape index (κ1) is 15.2. The Morgan fingerprint density at radius 3 is 2.60 bits per heavy atom. The maximum absolute atomic E-state index is 5.12. The Labute approximate surface area is 133 Å². The maximum atomic E-state index is 5.12. The molecule has 2 rings (SSSR count). The molecule has 20 heavy (non-hydrogen) atoms. The van der Waals surface area contributed by atoms with Gasteiger partial charge in [-0.1, -0.05) is 30.3 Å². The summed E-state index contributed by atoms with van der Waals surface area (Å²) in [4.78, 5) is 9.26. The highest BCUT2D eigenvalue weighted by Crippen LogP contribution is 2.28. The molecule has 0 bridgehead atoms. The molecule has 106 valence electrons. The molecule has 4 nitrogen and oxygen atoms in total. The van der Waals surface area contributed by atoms with Gasteiger partial charge >= 0.3 is 0 Å². The minimum Gasteiger partial charge on any atom is -0.384 e. The van der Waals surface area contributed by atoms with Gasteiger partial charge in [-0.3, -0.25) is 0 Å². The first-order valence-electron chi connectivity index (χ1n) is 6.61. The van der Waals surface area contributed by atoms with Crippen LogP contribution in [-0.2, 0) is 11.2 Å². The van der Waals surface area contributed by atoms with Crippen molar-refractivity contribution in [1.29, 1.82) is 0 Å². The summed E-state index contributed by atoms with van der Waals surface area (Å²) in [6.07, 6.45) is 0.714. The van der Waals surface area contributed by atoms with E-state index in [1.54, 1.807) is 7.11 Å². The van der Waals surface area contributed by atoms with Crippen LogP contribution >= 0.6 is 22.6 Å². The van der Waals surface area contributed by atoms with Crippen molar-refractivity contribution in [1.82, 2.24) is 9.97 Å². The van der Waals surface area contributed by atoms with Gasteiger partial charge < -0.3 is 10.1 Å². The van der Waals surface area contributed by atoms with Crippen molar-refractivity contribution < 1.29 is 4.74 Å². The average molecular weight is 383 g/mol. The summed E-state index contributed by atoms with van der Waals surface area (Å²) < 4.78 is 6.17. The van der Waals surface area contributed by atoms with E-state index < -0.39 is 0 Å². The quantitative estimate of drug-likeness (QED) is 0.778. The average Bonchev–Trinajstić information content (AvgIpc) is 2.49. The smallest absolute Gasteiger partial charge is 0.143 e. The highest BCUT2D eigenvalue weighted by Gasteiger charge is 2.13. The fourth-order valence-electron chi connectivity index (χ4n) is 1.87. The van der Waals surface area contributed by atoms with Crippen molar-refractivity contribution in [2.24, 2.45) is 0 Å². The van der Waals surface area contributed by atoms with Crippen LogP contribution in [-0.4, -0.2) is 30.2 Å². The molecule has 1 N–H and O–H groups in total. The predicted molar refractivity (Wildman–Crippen MR) is 89.9 cm³/mol. The van der Waals surface area contributed by atoms with Crippen molar-refractivity contribution in [2.45, 2.75) is 13.3 Å². The number of hydrogen-bond donors (Lipinski definition) is 1. The molecule has 1 heterocycles. The van der Waals surface area contributed by atoms with Gasteiger partial charge in [0.2, 0.25) is 0 Å². The van der Waals surface area contributed by atoms with Crippen LogP contribution in [0.3, 0.4) is 0 Å². The minimum absolute atomic E-state index is 0.625. The number of methoxy groups -OCH3 is 1. The van der Waals surface area contributed by atoms with Gasteiger partial charge in [0.15, 0.2) is 0 Å². The summed E-state index contributed by atoms with van der Waals surface area (Å²) >= 11 is 2.30. The Kier molecular flexibility index (Phi) is 5.72. The topological polar surface area (TPSA) is 47.0 Å². The van der Waals surface area contributed by atoms with Crippen LogP contribution in [0.4, 0.5) is 5.82 Å². The van der Waals surface area contributed by atoms with Gasteiger partial charge in [0.25, 0.3) is 0 Å². The minimum atomic E-state index is 0.625. The second kappa shape index (κ2) is 7.54. The SMILES string of the molecule is CCNc1nc(CCOC)nc(-c2ccccc2)c1I. The van der Waals surface area contributed by atoms with Crippen LogP contribution in [0.1, 0.15) is 12.7 Å². The Balaban J connectivity index is 2.45. The summed E-state index contributed by atoms with van der Waals surface area (Å²) in [5, 5.41) is 3.30. The van der Waals surface area contributed by atoms with Crippen molar-refractivity contribution >= 4 is 28.4 Å². The van der Waals surface area contributed by atoms with Crippen LogP contribution in [0, 0.1) is 3.57 Å². The molecule has 0 aliphatic rings. The molecule has 0 saturated heterocycles. The Morgan fingerprint density at radius 2 is 1.95 bits per heavy atom. The van der Waals surface area contributed by atoms with E-state index in [0.717, 1.165) is 33.0 Å². The lowest BCUT2D eigenvalue weighted by molar-refractivity contribution is 0.200. The van der Waals surface area contributed by atoms with Crippen molar-refractivity contribution in [3.63, 3.8) is 0 Å². The zero-order chi connectivity index (χ0) is 14.4. The summed E-state index contributed by atoms with van der Waals surface area (Å²) in [6.45, 7) is 3.53. The van der Waals surface area contributed by atoms with Gasteiger partial charge in [-0.15, -0.1) is 0 Å². The molecule has 0 aliphatic carbocycles. The third-order valence-electron chi connectivity index (χ3n) is 2.82. The van der Waals surface area contributed by atoms with E-state index >= 15 is 0 Å². The molecule has 1 aromatic heterocycles. The van der Waals surface area contributed by atoms with Crippen molar-refractivity contribution in [3.05, 3.63) is 39.7 Å². The van der Waals surface area contributed by atoms with Crippen LogP contribution in [0.25, 0.3) is 11.3 Å². The van der Waals surface area contributed by atoms with Crippen LogP contribution in [0.5, 0.6) is 0 Å². The molecule has 1 aromatic carbocycles. The highest BCUT2D eigenvalue weighted by molar-refractivity contribution is 14.1. The van der Waals surface area contributed by atoms with Gasteiger partial charge in [-0.05, 0) is 29.5 Å². The first-order valence-corrected chi connectivity index (χ1v) is 7.68. The third kappa shape index (κ3) is 3.67. The number of aromatic nitrogens is 2. The number of rotatable bonds is 6. The van der Waals surface area contributed by atoms with Crippen LogP contribution in [0.2, 0.25) is 0 Å². The number of nitrogens with zero attached hydrogens (tertiary/aromatic N) is 2. The molecular formula is C15H18IN3O. The molecule has 0 spiro atoms. The molecule has 0 atom stereocenters. The van der Waals surface area contributed by atoms with E-state index in [1.807, 2.05) is 18.2 Å². The molecule has 5 heteroatoms. The molecule has 0 fully saturated rings. The zero-order valence-corrected chi connectivity index (χ0v) is 13.8. The lowest BCUT2D eigenvalue weighted by Crippen LogP contribution is -2.09. The largest absolute Gasteiger partial charge is 0.384 e. The molecule has 0 aliphatic heterocycles. The number of halogens is 1. The maximum Gasteiger partial charge on any atom is 0.143 e. The first-order chi connectivity index (χ1) is 9.76. The molecular weight excluding hydrogens is 365 g/mol. The van der Waals surface area contributed by atoms with E-state index in [2.05, 4.69) is 56.9 Å².